The summed E-state index contributed by atoms with van der Waals surface area (Å²) in [5, 5.41) is 7.82. The number of rotatable bonds is 4. The van der Waals surface area contributed by atoms with Crippen LogP contribution in [0, 0.1) is 34.6 Å². The smallest absolute Gasteiger partial charge is 0.191 e. The van der Waals surface area contributed by atoms with Crippen LogP contribution in [0.2, 0.25) is 0 Å². The van der Waals surface area contributed by atoms with Crippen LogP contribution in [0.5, 0.6) is 0 Å². The largest absolute Gasteiger partial charge is 0.352 e. The van der Waals surface area contributed by atoms with E-state index in [9.17, 15) is 0 Å². The molecule has 4 nitrogen and oxygen atoms in total. The first-order valence-corrected chi connectivity index (χ1v) is 8.66. The molecule has 5 heteroatoms. The van der Waals surface area contributed by atoms with Gasteiger partial charge in [-0.05, 0) is 51.3 Å². The molecule has 0 bridgehead atoms. The zero-order valence-electron chi connectivity index (χ0n) is 14.9. The van der Waals surface area contributed by atoms with Gasteiger partial charge < -0.3 is 10.6 Å². The predicted octanol–water partition coefficient (Wildman–Crippen LogP) is 3.55. The molecule has 2 N–H and O–H groups in total. The maximum Gasteiger partial charge on any atom is 0.191 e. The Balaban J connectivity index is 1.95. The molecular weight excluding hydrogens is 304 g/mol. The van der Waals surface area contributed by atoms with Gasteiger partial charge in [-0.15, -0.1) is 11.3 Å². The summed E-state index contributed by atoms with van der Waals surface area (Å²) in [5.41, 5.74) is 6.38. The SMILES string of the molecule is CN=C(NCc1nc(C)c(C)s1)NCc1c(C)cc(C)cc1C. The molecule has 0 spiro atoms. The number of hydrogen-bond donors (Lipinski definition) is 2. The highest BCUT2D eigenvalue weighted by atomic mass is 32.1. The summed E-state index contributed by atoms with van der Waals surface area (Å²) < 4.78 is 0. The number of nitrogens with zero attached hydrogens (tertiary/aromatic N) is 2. The molecule has 1 aromatic heterocycles. The fourth-order valence-electron chi connectivity index (χ4n) is 2.66. The van der Waals surface area contributed by atoms with E-state index in [4.69, 9.17) is 0 Å². The monoisotopic (exact) mass is 330 g/mol. The Morgan fingerprint density at radius 1 is 1.04 bits per heavy atom. The lowest BCUT2D eigenvalue weighted by atomic mass is 10.00. The second kappa shape index (κ2) is 7.59. The number of aryl methyl sites for hydroxylation is 5. The van der Waals surface area contributed by atoms with Gasteiger partial charge in [0, 0.05) is 18.5 Å². The lowest BCUT2D eigenvalue weighted by Gasteiger charge is -2.15. The average molecular weight is 331 g/mol. The summed E-state index contributed by atoms with van der Waals surface area (Å²) in [5.74, 6) is 0.801. The summed E-state index contributed by atoms with van der Waals surface area (Å²) in [6, 6.07) is 4.45. The molecule has 2 rings (SSSR count). The summed E-state index contributed by atoms with van der Waals surface area (Å²) in [4.78, 5) is 10.1. The molecule has 0 fully saturated rings. The van der Waals surface area contributed by atoms with Crippen molar-refractivity contribution in [2.75, 3.05) is 7.05 Å². The Hall–Kier alpha value is -1.88. The molecule has 0 unspecified atom stereocenters. The van der Waals surface area contributed by atoms with Gasteiger partial charge in [0.2, 0.25) is 0 Å². The molecule has 23 heavy (non-hydrogen) atoms. The summed E-state index contributed by atoms with van der Waals surface area (Å²) in [7, 11) is 1.79. The van der Waals surface area contributed by atoms with E-state index in [1.54, 1.807) is 18.4 Å². The number of aromatic nitrogens is 1. The summed E-state index contributed by atoms with van der Waals surface area (Å²) >= 11 is 1.73. The van der Waals surface area contributed by atoms with Crippen LogP contribution in [0.15, 0.2) is 17.1 Å². The highest BCUT2D eigenvalue weighted by molar-refractivity contribution is 7.11. The topological polar surface area (TPSA) is 49.3 Å². The highest BCUT2D eigenvalue weighted by Crippen LogP contribution is 2.17. The van der Waals surface area contributed by atoms with Crippen molar-refractivity contribution in [3.63, 3.8) is 0 Å². The number of hydrogen-bond acceptors (Lipinski definition) is 3. The number of benzene rings is 1. The van der Waals surface area contributed by atoms with E-state index in [0.29, 0.717) is 6.54 Å². The van der Waals surface area contributed by atoms with Crippen LogP contribution in [-0.4, -0.2) is 18.0 Å². The molecule has 0 amide bonds. The third kappa shape index (κ3) is 4.55. The average Bonchev–Trinajstić information content (AvgIpc) is 2.79. The van der Waals surface area contributed by atoms with Gasteiger partial charge in [0.25, 0.3) is 0 Å². The van der Waals surface area contributed by atoms with Crippen molar-refractivity contribution in [2.45, 2.75) is 47.7 Å². The number of thiazole rings is 1. The lowest BCUT2D eigenvalue weighted by molar-refractivity contribution is 0.797. The number of nitrogens with one attached hydrogen (secondary N) is 2. The van der Waals surface area contributed by atoms with Crippen molar-refractivity contribution in [1.82, 2.24) is 15.6 Å². The Morgan fingerprint density at radius 2 is 1.65 bits per heavy atom. The van der Waals surface area contributed by atoms with Crippen molar-refractivity contribution < 1.29 is 0 Å². The van der Waals surface area contributed by atoms with E-state index in [2.05, 4.69) is 60.4 Å². The molecular formula is C18H26N4S. The van der Waals surface area contributed by atoms with E-state index in [-0.39, 0.29) is 0 Å². The first-order chi connectivity index (χ1) is 10.9. The third-order valence-corrected chi connectivity index (χ3v) is 5.05. The van der Waals surface area contributed by atoms with Crippen molar-refractivity contribution in [2.24, 2.45) is 4.99 Å². The normalized spacial score (nSPS) is 11.7. The number of guanidine groups is 1. The highest BCUT2D eigenvalue weighted by Gasteiger charge is 2.07. The summed E-state index contributed by atoms with van der Waals surface area (Å²) in [6.45, 7) is 12.1. The first kappa shape index (κ1) is 17.5. The van der Waals surface area contributed by atoms with Gasteiger partial charge in [-0.3, -0.25) is 4.99 Å². The maximum atomic E-state index is 4.55. The lowest BCUT2D eigenvalue weighted by Crippen LogP contribution is -2.36. The molecule has 124 valence electrons. The molecule has 0 aliphatic carbocycles. The molecule has 0 radical (unpaired) electrons. The fourth-order valence-corrected chi connectivity index (χ4v) is 3.53. The van der Waals surface area contributed by atoms with Gasteiger partial charge in [0.15, 0.2) is 5.96 Å². The van der Waals surface area contributed by atoms with Gasteiger partial charge in [0.05, 0.1) is 12.2 Å². The first-order valence-electron chi connectivity index (χ1n) is 7.85. The summed E-state index contributed by atoms with van der Waals surface area (Å²) in [6.07, 6.45) is 0. The van der Waals surface area contributed by atoms with Gasteiger partial charge in [-0.1, -0.05) is 17.7 Å². The van der Waals surface area contributed by atoms with Crippen LogP contribution in [0.1, 0.15) is 37.8 Å². The molecule has 2 aromatic rings. The van der Waals surface area contributed by atoms with E-state index in [1.165, 1.54) is 27.1 Å². The van der Waals surface area contributed by atoms with E-state index in [0.717, 1.165) is 23.2 Å². The second-order valence-corrected chi connectivity index (χ2v) is 7.19. The zero-order valence-corrected chi connectivity index (χ0v) is 15.7. The van der Waals surface area contributed by atoms with Gasteiger partial charge >= 0.3 is 0 Å². The van der Waals surface area contributed by atoms with Gasteiger partial charge in [-0.2, -0.15) is 0 Å². The van der Waals surface area contributed by atoms with E-state index < -0.39 is 0 Å². The van der Waals surface area contributed by atoms with Crippen LogP contribution < -0.4 is 10.6 Å². The van der Waals surface area contributed by atoms with Crippen molar-refractivity contribution in [3.8, 4) is 0 Å². The molecule has 0 aliphatic rings. The Labute approximate surface area is 143 Å². The van der Waals surface area contributed by atoms with Crippen molar-refractivity contribution in [1.29, 1.82) is 0 Å². The van der Waals surface area contributed by atoms with Crippen LogP contribution in [-0.2, 0) is 13.1 Å². The Kier molecular flexibility index (Phi) is 5.77. The standard InChI is InChI=1S/C18H26N4S/c1-11-7-12(2)16(13(3)8-11)9-20-18(19-6)21-10-17-22-14(4)15(5)23-17/h7-8H,9-10H2,1-6H3,(H2,19,20,21). The minimum atomic E-state index is 0.699. The molecule has 1 aromatic carbocycles. The van der Waals surface area contributed by atoms with Crippen LogP contribution in [0.4, 0.5) is 0 Å². The minimum Gasteiger partial charge on any atom is -0.352 e. The predicted molar refractivity (Wildman–Crippen MR) is 99.3 cm³/mol. The second-order valence-electron chi connectivity index (χ2n) is 5.91. The van der Waals surface area contributed by atoms with Gasteiger partial charge in [-0.25, -0.2) is 4.98 Å². The van der Waals surface area contributed by atoms with Crippen molar-refractivity contribution >= 4 is 17.3 Å². The van der Waals surface area contributed by atoms with Crippen LogP contribution >= 0.6 is 11.3 Å². The Bertz CT molecular complexity index is 673. The Morgan fingerprint density at radius 3 is 2.17 bits per heavy atom. The van der Waals surface area contributed by atoms with Crippen LogP contribution in [0.25, 0.3) is 0 Å². The molecule has 0 saturated carbocycles. The van der Waals surface area contributed by atoms with E-state index >= 15 is 0 Å². The maximum absolute atomic E-state index is 4.55. The minimum absolute atomic E-state index is 0.699. The van der Waals surface area contributed by atoms with Crippen LogP contribution in [0.3, 0.4) is 0 Å². The number of aliphatic imine (C=N–C) groups is 1. The molecule has 0 aliphatic heterocycles. The van der Waals surface area contributed by atoms with Gasteiger partial charge in [0.1, 0.15) is 5.01 Å². The van der Waals surface area contributed by atoms with E-state index in [1.807, 2.05) is 6.92 Å². The quantitative estimate of drug-likeness (QED) is 0.666. The van der Waals surface area contributed by atoms with Crippen molar-refractivity contribution in [3.05, 3.63) is 50.0 Å². The molecule has 0 saturated heterocycles. The molecule has 0 atom stereocenters. The zero-order chi connectivity index (χ0) is 17.0. The molecule has 1 heterocycles. The fraction of sp³-hybridized carbons (Fsp3) is 0.444. The third-order valence-electron chi connectivity index (χ3n) is 3.98.